The van der Waals surface area contributed by atoms with Gasteiger partial charge in [-0.15, -0.1) is 0 Å². The van der Waals surface area contributed by atoms with Crippen LogP contribution in [0, 0.1) is 6.92 Å². The lowest BCUT2D eigenvalue weighted by molar-refractivity contribution is -0.121. The summed E-state index contributed by atoms with van der Waals surface area (Å²) in [6.45, 7) is 4.99. The maximum Gasteiger partial charge on any atom is 0.220 e. The lowest BCUT2D eigenvalue weighted by Gasteiger charge is -2.08. The van der Waals surface area contributed by atoms with Crippen LogP contribution in [0.2, 0.25) is 0 Å². The lowest BCUT2D eigenvalue weighted by atomic mass is 10.1. The van der Waals surface area contributed by atoms with Gasteiger partial charge in [0.1, 0.15) is 12.4 Å². The van der Waals surface area contributed by atoms with Crippen LogP contribution in [-0.4, -0.2) is 25.1 Å². The molecule has 19 heavy (non-hydrogen) atoms. The van der Waals surface area contributed by atoms with Crippen LogP contribution in [0.25, 0.3) is 0 Å². The first kappa shape index (κ1) is 15.5. The normalized spacial score (nSPS) is 11.9. The Balaban J connectivity index is 2.08. The van der Waals surface area contributed by atoms with Crippen molar-refractivity contribution < 1.29 is 9.53 Å². The number of amides is 1. The van der Waals surface area contributed by atoms with E-state index in [2.05, 4.69) is 5.32 Å². The number of carbonyl (C=O) groups is 1. The maximum atomic E-state index is 11.5. The zero-order chi connectivity index (χ0) is 14.1. The first-order valence-electron chi connectivity index (χ1n) is 6.79. The van der Waals surface area contributed by atoms with E-state index in [-0.39, 0.29) is 11.9 Å². The number of nitrogens with two attached hydrogens (primary N) is 1. The Bertz CT molecular complexity index is 391. The lowest BCUT2D eigenvalue weighted by Crippen LogP contribution is -2.28. The first-order valence-corrected chi connectivity index (χ1v) is 6.79. The molecule has 0 spiro atoms. The summed E-state index contributed by atoms with van der Waals surface area (Å²) in [5.74, 6) is 0.902. The predicted octanol–water partition coefficient (Wildman–Crippen LogP) is 2.01. The maximum absolute atomic E-state index is 11.5. The Morgan fingerprint density at radius 2 is 2.26 bits per heavy atom. The molecule has 0 aromatic heterocycles. The minimum Gasteiger partial charge on any atom is -0.492 e. The van der Waals surface area contributed by atoms with E-state index >= 15 is 0 Å². The van der Waals surface area contributed by atoms with Crippen molar-refractivity contribution in [1.29, 1.82) is 0 Å². The standard InChI is InChI=1S/C15H24N2O2/c1-12-5-3-7-14(11-12)19-10-9-17-15(18)8-4-6-13(2)16/h3,5,7,11,13H,4,6,8-10,16H2,1-2H3,(H,17,18). The Labute approximate surface area is 115 Å². The highest BCUT2D eigenvalue weighted by Gasteiger charge is 2.02. The predicted molar refractivity (Wildman–Crippen MR) is 77.2 cm³/mol. The fourth-order valence-electron chi connectivity index (χ4n) is 1.74. The van der Waals surface area contributed by atoms with E-state index in [1.165, 1.54) is 0 Å². The molecule has 1 aromatic carbocycles. The Morgan fingerprint density at radius 1 is 1.47 bits per heavy atom. The summed E-state index contributed by atoms with van der Waals surface area (Å²) in [7, 11) is 0. The van der Waals surface area contributed by atoms with E-state index in [1.807, 2.05) is 38.1 Å². The Kier molecular flexibility index (Phi) is 6.97. The highest BCUT2D eigenvalue weighted by atomic mass is 16.5. The number of carbonyl (C=O) groups excluding carboxylic acids is 1. The molecule has 4 nitrogen and oxygen atoms in total. The molecule has 0 fully saturated rings. The van der Waals surface area contributed by atoms with Crippen molar-refractivity contribution in [2.24, 2.45) is 5.73 Å². The van der Waals surface area contributed by atoms with E-state index in [9.17, 15) is 4.79 Å². The van der Waals surface area contributed by atoms with Crippen LogP contribution in [0.15, 0.2) is 24.3 Å². The van der Waals surface area contributed by atoms with E-state index in [0.717, 1.165) is 24.2 Å². The molecular weight excluding hydrogens is 240 g/mol. The Hall–Kier alpha value is -1.55. The molecule has 1 rings (SSSR count). The van der Waals surface area contributed by atoms with Crippen LogP contribution in [0.5, 0.6) is 5.75 Å². The minimum atomic E-state index is 0.0634. The zero-order valence-corrected chi connectivity index (χ0v) is 11.8. The van der Waals surface area contributed by atoms with Gasteiger partial charge in [-0.1, -0.05) is 12.1 Å². The van der Waals surface area contributed by atoms with Gasteiger partial charge in [-0.25, -0.2) is 0 Å². The fraction of sp³-hybridized carbons (Fsp3) is 0.533. The van der Waals surface area contributed by atoms with E-state index in [1.54, 1.807) is 0 Å². The minimum absolute atomic E-state index is 0.0634. The van der Waals surface area contributed by atoms with Crippen molar-refractivity contribution in [2.45, 2.75) is 39.2 Å². The average Bonchev–Trinajstić information content (AvgIpc) is 2.34. The first-order chi connectivity index (χ1) is 9.08. The molecule has 1 unspecified atom stereocenters. The van der Waals surface area contributed by atoms with Crippen LogP contribution < -0.4 is 15.8 Å². The quantitative estimate of drug-likeness (QED) is 0.706. The van der Waals surface area contributed by atoms with Gasteiger partial charge < -0.3 is 15.8 Å². The molecule has 3 N–H and O–H groups in total. The summed E-state index contributed by atoms with van der Waals surface area (Å²) in [5, 5.41) is 2.84. The molecule has 4 heteroatoms. The summed E-state index contributed by atoms with van der Waals surface area (Å²) in [6.07, 6.45) is 2.25. The van der Waals surface area contributed by atoms with Crippen molar-refractivity contribution in [3.63, 3.8) is 0 Å². The van der Waals surface area contributed by atoms with Crippen molar-refractivity contribution in [3.8, 4) is 5.75 Å². The molecule has 1 atom stereocenters. The molecule has 0 aliphatic carbocycles. The summed E-state index contributed by atoms with van der Waals surface area (Å²) in [6, 6.07) is 8.03. The van der Waals surface area contributed by atoms with Crippen molar-refractivity contribution in [2.75, 3.05) is 13.2 Å². The second kappa shape index (κ2) is 8.53. The van der Waals surface area contributed by atoms with Gasteiger partial charge in [0, 0.05) is 12.5 Å². The van der Waals surface area contributed by atoms with Crippen LogP contribution in [-0.2, 0) is 4.79 Å². The summed E-state index contributed by atoms with van der Waals surface area (Å²) < 4.78 is 5.55. The largest absolute Gasteiger partial charge is 0.492 e. The van der Waals surface area contributed by atoms with Gasteiger partial charge in [0.15, 0.2) is 0 Å². The van der Waals surface area contributed by atoms with Crippen LogP contribution >= 0.6 is 0 Å². The zero-order valence-electron chi connectivity index (χ0n) is 11.8. The number of nitrogens with one attached hydrogen (secondary N) is 1. The molecule has 0 saturated carbocycles. The third-order valence-corrected chi connectivity index (χ3v) is 2.75. The molecule has 0 aliphatic rings. The van der Waals surface area contributed by atoms with Crippen LogP contribution in [0.4, 0.5) is 0 Å². The van der Waals surface area contributed by atoms with E-state index < -0.39 is 0 Å². The number of hydrogen-bond acceptors (Lipinski definition) is 3. The molecule has 1 aromatic rings. The smallest absolute Gasteiger partial charge is 0.220 e. The molecule has 0 heterocycles. The highest BCUT2D eigenvalue weighted by Crippen LogP contribution is 2.11. The van der Waals surface area contributed by atoms with Gasteiger partial charge in [-0.2, -0.15) is 0 Å². The van der Waals surface area contributed by atoms with Gasteiger partial charge in [0.2, 0.25) is 5.91 Å². The molecule has 0 bridgehead atoms. The molecule has 1 amide bonds. The molecule has 0 radical (unpaired) electrons. The van der Waals surface area contributed by atoms with Crippen molar-refractivity contribution in [1.82, 2.24) is 5.32 Å². The molecule has 0 saturated heterocycles. The van der Waals surface area contributed by atoms with Gasteiger partial charge in [-0.05, 0) is 44.4 Å². The van der Waals surface area contributed by atoms with Crippen LogP contribution in [0.1, 0.15) is 31.7 Å². The molecular formula is C15H24N2O2. The molecule has 0 aliphatic heterocycles. The topological polar surface area (TPSA) is 64.3 Å². The monoisotopic (exact) mass is 264 g/mol. The van der Waals surface area contributed by atoms with E-state index in [0.29, 0.717) is 19.6 Å². The summed E-state index contributed by atoms with van der Waals surface area (Å²) >= 11 is 0. The van der Waals surface area contributed by atoms with Crippen LogP contribution in [0.3, 0.4) is 0 Å². The second-order valence-corrected chi connectivity index (χ2v) is 4.88. The fourth-order valence-corrected chi connectivity index (χ4v) is 1.74. The number of benzene rings is 1. The third-order valence-electron chi connectivity index (χ3n) is 2.75. The number of aryl methyl sites for hydroxylation is 1. The van der Waals surface area contributed by atoms with E-state index in [4.69, 9.17) is 10.5 Å². The second-order valence-electron chi connectivity index (χ2n) is 4.88. The third kappa shape index (κ3) is 7.47. The molecule has 106 valence electrons. The van der Waals surface area contributed by atoms with Crippen molar-refractivity contribution >= 4 is 5.91 Å². The van der Waals surface area contributed by atoms with Gasteiger partial charge in [-0.3, -0.25) is 4.79 Å². The number of ether oxygens (including phenoxy) is 1. The average molecular weight is 264 g/mol. The Morgan fingerprint density at radius 3 is 2.95 bits per heavy atom. The van der Waals surface area contributed by atoms with Gasteiger partial charge in [0.25, 0.3) is 0 Å². The number of rotatable bonds is 8. The number of hydrogen-bond donors (Lipinski definition) is 2. The summed E-state index contributed by atoms with van der Waals surface area (Å²) in [4.78, 5) is 11.5. The van der Waals surface area contributed by atoms with Gasteiger partial charge in [0.05, 0.1) is 6.54 Å². The highest BCUT2D eigenvalue weighted by molar-refractivity contribution is 5.75. The van der Waals surface area contributed by atoms with Crippen molar-refractivity contribution in [3.05, 3.63) is 29.8 Å². The van der Waals surface area contributed by atoms with Gasteiger partial charge >= 0.3 is 0 Å². The SMILES string of the molecule is Cc1cccc(OCCNC(=O)CCCC(C)N)c1. The summed E-state index contributed by atoms with van der Waals surface area (Å²) in [5.41, 5.74) is 6.79.